The number of ether oxygens (including phenoxy) is 1. The average molecular weight is 317 g/mol. The highest BCUT2D eigenvalue weighted by Gasteiger charge is 2.72. The maximum absolute atomic E-state index is 12.3. The van der Waals surface area contributed by atoms with Crippen molar-refractivity contribution in [1.29, 1.82) is 0 Å². The fourth-order valence-corrected chi connectivity index (χ4v) is 0.709. The van der Waals surface area contributed by atoms with E-state index in [1.807, 2.05) is 13.8 Å². The fourth-order valence-electron chi connectivity index (χ4n) is 0.709. The summed E-state index contributed by atoms with van der Waals surface area (Å²) >= 11 is 0. The summed E-state index contributed by atoms with van der Waals surface area (Å²) in [4.78, 5) is 9.65. The summed E-state index contributed by atoms with van der Waals surface area (Å²) in [6.07, 6.45) is -8.58. The largest absolute Gasteiger partial charge is 0.465 e. The lowest BCUT2D eigenvalue weighted by molar-refractivity contribution is -0.352. The van der Waals surface area contributed by atoms with Gasteiger partial charge in [-0.1, -0.05) is 0 Å². The highest BCUT2D eigenvalue weighted by molar-refractivity contribution is 5.64. The zero-order valence-corrected chi connectivity index (χ0v) is 10.5. The van der Waals surface area contributed by atoms with Crippen LogP contribution in [0.3, 0.4) is 0 Å². The van der Waals surface area contributed by atoms with Gasteiger partial charge in [0.1, 0.15) is 0 Å². The Kier molecular flexibility index (Phi) is 8.55. The molecule has 0 aliphatic rings. The minimum Gasteiger partial charge on any atom is -0.465 e. The molecule has 0 spiro atoms. The van der Waals surface area contributed by atoms with Gasteiger partial charge in [0, 0.05) is 13.2 Å². The van der Waals surface area contributed by atoms with Crippen LogP contribution in [-0.2, 0) is 4.74 Å². The van der Waals surface area contributed by atoms with Crippen molar-refractivity contribution in [3.8, 4) is 0 Å². The quantitative estimate of drug-likeness (QED) is 0.766. The first kappa shape index (κ1) is 21.0. The Bertz CT molecular complexity index is 292. The molecule has 0 aromatic rings. The minimum atomic E-state index is -6.45. The van der Waals surface area contributed by atoms with Crippen molar-refractivity contribution >= 4 is 6.09 Å². The molecular formula is C9H14F7NO3. The van der Waals surface area contributed by atoms with Crippen LogP contribution in [0.5, 0.6) is 0 Å². The molecule has 11 heteroatoms. The highest BCUT2D eigenvalue weighted by Crippen LogP contribution is 2.45. The Hall–Kier alpha value is -1.26. The molecule has 0 unspecified atom stereocenters. The van der Waals surface area contributed by atoms with Crippen LogP contribution in [0.25, 0.3) is 0 Å². The molecule has 0 saturated carbocycles. The molecule has 0 rings (SSSR count). The second-order valence-corrected chi connectivity index (χ2v) is 3.22. The van der Waals surface area contributed by atoms with Crippen molar-refractivity contribution < 1.29 is 45.4 Å². The molecule has 0 atom stereocenters. The molecule has 0 bridgehead atoms. The average Bonchev–Trinajstić information content (AvgIpc) is 2.26. The molecule has 0 fully saturated rings. The van der Waals surface area contributed by atoms with E-state index >= 15 is 0 Å². The van der Waals surface area contributed by atoms with Gasteiger partial charge >= 0.3 is 24.1 Å². The van der Waals surface area contributed by atoms with Crippen LogP contribution in [0, 0.1) is 0 Å². The van der Waals surface area contributed by atoms with Crippen molar-refractivity contribution in [2.24, 2.45) is 0 Å². The summed E-state index contributed by atoms with van der Waals surface area (Å²) < 4.78 is 87.8. The highest BCUT2D eigenvalue weighted by atomic mass is 19.4. The third kappa shape index (κ3) is 6.78. The Morgan fingerprint density at radius 2 is 1.45 bits per heavy atom. The topological polar surface area (TPSA) is 58.6 Å². The third-order valence-electron chi connectivity index (χ3n) is 1.69. The number of rotatable bonds is 5. The number of hydrogen-bond donors (Lipinski definition) is 2. The van der Waals surface area contributed by atoms with Crippen LogP contribution in [-0.4, -0.2) is 49.0 Å². The molecule has 1 amide bonds. The van der Waals surface area contributed by atoms with Gasteiger partial charge in [0.05, 0.1) is 6.54 Å². The smallest absolute Gasteiger partial charge is 0.459 e. The minimum absolute atomic E-state index is 0.751. The van der Waals surface area contributed by atoms with Crippen molar-refractivity contribution in [1.82, 2.24) is 5.32 Å². The zero-order valence-electron chi connectivity index (χ0n) is 10.5. The Labute approximate surface area is 109 Å². The van der Waals surface area contributed by atoms with E-state index in [2.05, 4.69) is 0 Å². The van der Waals surface area contributed by atoms with Crippen LogP contribution in [0.15, 0.2) is 0 Å². The van der Waals surface area contributed by atoms with Crippen molar-refractivity contribution in [2.45, 2.75) is 31.9 Å². The lowest BCUT2D eigenvalue weighted by Gasteiger charge is -2.27. The van der Waals surface area contributed by atoms with E-state index in [9.17, 15) is 35.5 Å². The van der Waals surface area contributed by atoms with E-state index in [4.69, 9.17) is 9.84 Å². The third-order valence-corrected chi connectivity index (χ3v) is 1.69. The molecule has 0 aliphatic carbocycles. The number of halogens is 7. The molecule has 122 valence electrons. The summed E-state index contributed by atoms with van der Waals surface area (Å²) in [5.41, 5.74) is 0. The Balaban J connectivity index is 0. The van der Waals surface area contributed by atoms with Gasteiger partial charge in [-0.25, -0.2) is 4.79 Å². The zero-order chi connectivity index (χ0) is 16.6. The first-order chi connectivity index (χ1) is 8.83. The number of alkyl halides is 7. The molecular weight excluding hydrogens is 303 g/mol. The van der Waals surface area contributed by atoms with Gasteiger partial charge in [0.2, 0.25) is 0 Å². The predicted molar refractivity (Wildman–Crippen MR) is 54.1 cm³/mol. The molecule has 0 aromatic carbocycles. The summed E-state index contributed by atoms with van der Waals surface area (Å²) in [6.45, 7) is 3.34. The van der Waals surface area contributed by atoms with Crippen molar-refractivity contribution in [3.05, 3.63) is 0 Å². The molecule has 0 heterocycles. The lowest BCUT2D eigenvalue weighted by Crippen LogP contribution is -2.56. The van der Waals surface area contributed by atoms with Crippen LogP contribution in [0.2, 0.25) is 0 Å². The van der Waals surface area contributed by atoms with E-state index < -0.39 is 30.7 Å². The number of hydrogen-bond acceptors (Lipinski definition) is 2. The molecule has 4 nitrogen and oxygen atoms in total. The molecule has 0 radical (unpaired) electrons. The van der Waals surface area contributed by atoms with Gasteiger partial charge < -0.3 is 15.2 Å². The van der Waals surface area contributed by atoms with Crippen molar-refractivity contribution in [3.63, 3.8) is 0 Å². The number of nitrogens with one attached hydrogen (secondary N) is 1. The molecule has 0 aliphatic heterocycles. The summed E-state index contributed by atoms with van der Waals surface area (Å²) in [6, 6.07) is 0. The van der Waals surface area contributed by atoms with E-state index in [1.54, 1.807) is 0 Å². The Morgan fingerprint density at radius 1 is 1.05 bits per heavy atom. The summed E-state index contributed by atoms with van der Waals surface area (Å²) in [5, 5.41) is 8.53. The van der Waals surface area contributed by atoms with Gasteiger partial charge in [-0.3, -0.25) is 0 Å². The number of carbonyl (C=O) groups is 1. The molecule has 0 saturated heterocycles. The van der Waals surface area contributed by atoms with E-state index in [-0.39, 0.29) is 0 Å². The summed E-state index contributed by atoms with van der Waals surface area (Å²) in [7, 11) is 0. The first-order valence-electron chi connectivity index (χ1n) is 5.20. The first-order valence-corrected chi connectivity index (χ1v) is 5.20. The second kappa shape index (κ2) is 8.12. The number of carboxylic acid groups (broad SMARTS) is 1. The lowest BCUT2D eigenvalue weighted by atomic mass is 10.1. The number of amides is 1. The van der Waals surface area contributed by atoms with Crippen molar-refractivity contribution in [2.75, 3.05) is 19.8 Å². The van der Waals surface area contributed by atoms with Crippen LogP contribution < -0.4 is 5.32 Å². The maximum atomic E-state index is 12.3. The normalized spacial score (nSPS) is 12.4. The maximum Gasteiger partial charge on any atom is 0.459 e. The Morgan fingerprint density at radius 3 is 1.65 bits per heavy atom. The van der Waals surface area contributed by atoms with Gasteiger partial charge in [-0.2, -0.15) is 30.7 Å². The summed E-state index contributed by atoms with van der Waals surface area (Å²) in [5.74, 6) is -11.8. The molecule has 0 aromatic heterocycles. The fraction of sp³-hybridized carbons (Fsp3) is 0.889. The van der Waals surface area contributed by atoms with Crippen LogP contribution >= 0.6 is 0 Å². The van der Waals surface area contributed by atoms with E-state index in [1.165, 1.54) is 0 Å². The standard InChI is InChI=1S/C5H4F7NO2.C4H10O/c6-3(7,1-13-2(14)15)4(8,9)5(10,11)12;1-3-5-4-2/h13H,1H2,(H,14,15);3-4H2,1-2H3. The monoisotopic (exact) mass is 317 g/mol. The molecule has 20 heavy (non-hydrogen) atoms. The van der Waals surface area contributed by atoms with E-state index in [0.29, 0.717) is 0 Å². The van der Waals surface area contributed by atoms with E-state index in [0.717, 1.165) is 18.5 Å². The van der Waals surface area contributed by atoms with Gasteiger partial charge in [0.25, 0.3) is 0 Å². The van der Waals surface area contributed by atoms with Gasteiger partial charge in [-0.15, -0.1) is 0 Å². The van der Waals surface area contributed by atoms with Gasteiger partial charge in [-0.05, 0) is 13.8 Å². The van der Waals surface area contributed by atoms with Gasteiger partial charge in [0.15, 0.2) is 0 Å². The molecule has 2 N–H and O–H groups in total. The van der Waals surface area contributed by atoms with Crippen LogP contribution in [0.1, 0.15) is 13.8 Å². The SMILES string of the molecule is CCOCC.O=C(O)NCC(F)(F)C(F)(F)C(F)(F)F. The predicted octanol–water partition coefficient (Wildman–Crippen LogP) is 3.13. The van der Waals surface area contributed by atoms with Crippen LogP contribution in [0.4, 0.5) is 35.5 Å². The second-order valence-electron chi connectivity index (χ2n) is 3.22.